The molecule has 2 aromatic rings. The van der Waals surface area contributed by atoms with Gasteiger partial charge >= 0.3 is 0 Å². The number of likely N-dealkylation sites (tertiary alicyclic amines) is 1. The monoisotopic (exact) mass is 365 g/mol. The van der Waals surface area contributed by atoms with E-state index in [0.29, 0.717) is 30.2 Å². The SMILES string of the molecule is O=C(c1ccc2c(c1)OCO2)N1CCC2(CC1)CC(c1cccnc1)=NO2. The highest BCUT2D eigenvalue weighted by molar-refractivity contribution is 6.01. The first-order valence-electron chi connectivity index (χ1n) is 9.07. The molecule has 0 radical (unpaired) electrons. The van der Waals surface area contributed by atoms with E-state index in [4.69, 9.17) is 14.3 Å². The standard InChI is InChI=1S/C20H19N3O4/c24-19(14-3-4-17-18(10-14)26-13-25-17)23-8-5-20(6-9-23)11-16(22-27-20)15-2-1-7-21-12-15/h1-4,7,10,12H,5-6,8-9,11,13H2. The fourth-order valence-electron chi connectivity index (χ4n) is 3.81. The Morgan fingerprint density at radius 1 is 1.11 bits per heavy atom. The van der Waals surface area contributed by atoms with Crippen molar-refractivity contribution in [2.45, 2.75) is 24.9 Å². The lowest BCUT2D eigenvalue weighted by atomic mass is 9.85. The van der Waals surface area contributed by atoms with Gasteiger partial charge in [-0.25, -0.2) is 0 Å². The van der Waals surface area contributed by atoms with Gasteiger partial charge in [0, 0.05) is 55.9 Å². The fourth-order valence-corrected chi connectivity index (χ4v) is 3.81. The van der Waals surface area contributed by atoms with Gasteiger partial charge in [0.25, 0.3) is 5.91 Å². The number of oxime groups is 1. The summed E-state index contributed by atoms with van der Waals surface area (Å²) in [7, 11) is 0. The predicted molar refractivity (Wildman–Crippen MR) is 96.9 cm³/mol. The maximum absolute atomic E-state index is 12.8. The van der Waals surface area contributed by atoms with E-state index in [0.717, 1.165) is 30.5 Å². The van der Waals surface area contributed by atoms with Crippen LogP contribution in [0.2, 0.25) is 0 Å². The average molecular weight is 365 g/mol. The Morgan fingerprint density at radius 3 is 2.78 bits per heavy atom. The van der Waals surface area contributed by atoms with Crippen molar-refractivity contribution in [2.24, 2.45) is 5.16 Å². The third-order valence-corrected chi connectivity index (χ3v) is 5.42. The lowest BCUT2D eigenvalue weighted by Crippen LogP contribution is -2.46. The van der Waals surface area contributed by atoms with Crippen molar-refractivity contribution in [1.82, 2.24) is 9.88 Å². The zero-order chi connectivity index (χ0) is 18.3. The number of piperidine rings is 1. The molecular weight excluding hydrogens is 346 g/mol. The number of pyridine rings is 1. The van der Waals surface area contributed by atoms with Crippen LogP contribution in [0.15, 0.2) is 47.9 Å². The fraction of sp³-hybridized carbons (Fsp3) is 0.350. The van der Waals surface area contributed by atoms with Crippen molar-refractivity contribution in [3.8, 4) is 11.5 Å². The molecule has 0 bridgehead atoms. The lowest BCUT2D eigenvalue weighted by molar-refractivity contribution is -0.0568. The van der Waals surface area contributed by atoms with E-state index in [1.807, 2.05) is 17.0 Å². The van der Waals surface area contributed by atoms with Crippen molar-refractivity contribution in [3.63, 3.8) is 0 Å². The average Bonchev–Trinajstić information content (AvgIpc) is 3.35. The minimum Gasteiger partial charge on any atom is -0.454 e. The maximum atomic E-state index is 12.8. The molecule has 1 aromatic carbocycles. The van der Waals surface area contributed by atoms with E-state index in [1.165, 1.54) is 0 Å². The van der Waals surface area contributed by atoms with Crippen LogP contribution < -0.4 is 9.47 Å². The number of amides is 1. The van der Waals surface area contributed by atoms with Crippen LogP contribution in [0.25, 0.3) is 0 Å². The molecule has 1 spiro atoms. The van der Waals surface area contributed by atoms with Crippen LogP contribution in [0, 0.1) is 0 Å². The van der Waals surface area contributed by atoms with Gasteiger partial charge in [-0.05, 0) is 30.3 Å². The lowest BCUT2D eigenvalue weighted by Gasteiger charge is -2.37. The number of hydrogen-bond donors (Lipinski definition) is 0. The highest BCUT2D eigenvalue weighted by atomic mass is 16.7. The van der Waals surface area contributed by atoms with Crippen LogP contribution in [0.4, 0.5) is 0 Å². The van der Waals surface area contributed by atoms with Gasteiger partial charge in [0.1, 0.15) is 5.60 Å². The summed E-state index contributed by atoms with van der Waals surface area (Å²) in [4.78, 5) is 24.7. The number of nitrogens with zero attached hydrogens (tertiary/aromatic N) is 3. The Morgan fingerprint density at radius 2 is 1.96 bits per heavy atom. The van der Waals surface area contributed by atoms with Crippen molar-refractivity contribution >= 4 is 11.6 Å². The quantitative estimate of drug-likeness (QED) is 0.818. The molecule has 5 rings (SSSR count). The maximum Gasteiger partial charge on any atom is 0.253 e. The largest absolute Gasteiger partial charge is 0.454 e. The molecule has 138 valence electrons. The molecule has 3 aliphatic heterocycles. The molecule has 4 heterocycles. The van der Waals surface area contributed by atoms with Crippen LogP contribution in [0.1, 0.15) is 35.2 Å². The van der Waals surface area contributed by atoms with E-state index in [9.17, 15) is 4.79 Å². The molecule has 0 atom stereocenters. The first-order chi connectivity index (χ1) is 13.2. The molecule has 3 aliphatic rings. The number of hydrogen-bond acceptors (Lipinski definition) is 6. The summed E-state index contributed by atoms with van der Waals surface area (Å²) < 4.78 is 10.7. The summed E-state index contributed by atoms with van der Waals surface area (Å²) in [5.74, 6) is 1.32. The van der Waals surface area contributed by atoms with Gasteiger partial charge in [-0.1, -0.05) is 5.16 Å². The number of aromatic nitrogens is 1. The van der Waals surface area contributed by atoms with E-state index in [-0.39, 0.29) is 18.3 Å². The minimum atomic E-state index is -0.309. The Labute approximate surface area is 156 Å². The minimum absolute atomic E-state index is 0.00884. The summed E-state index contributed by atoms with van der Waals surface area (Å²) >= 11 is 0. The predicted octanol–water partition coefficient (Wildman–Crippen LogP) is 2.61. The van der Waals surface area contributed by atoms with Crippen molar-refractivity contribution < 1.29 is 19.1 Å². The van der Waals surface area contributed by atoms with E-state index in [1.54, 1.807) is 30.6 Å². The first-order valence-corrected chi connectivity index (χ1v) is 9.07. The number of fused-ring (bicyclic) bond motifs is 1. The molecule has 1 aromatic heterocycles. The van der Waals surface area contributed by atoms with Gasteiger partial charge in [0.2, 0.25) is 6.79 Å². The smallest absolute Gasteiger partial charge is 0.253 e. The van der Waals surface area contributed by atoms with Gasteiger partial charge < -0.3 is 19.2 Å². The van der Waals surface area contributed by atoms with Gasteiger partial charge in [0.15, 0.2) is 11.5 Å². The number of carbonyl (C=O) groups is 1. The highest BCUT2D eigenvalue weighted by Crippen LogP contribution is 2.37. The third-order valence-electron chi connectivity index (χ3n) is 5.42. The van der Waals surface area contributed by atoms with E-state index in [2.05, 4.69) is 10.1 Å². The Hall–Kier alpha value is -3.09. The van der Waals surface area contributed by atoms with Crippen LogP contribution in [0.5, 0.6) is 11.5 Å². The molecule has 0 unspecified atom stereocenters. The van der Waals surface area contributed by atoms with Gasteiger partial charge in [-0.15, -0.1) is 0 Å². The van der Waals surface area contributed by atoms with E-state index < -0.39 is 0 Å². The van der Waals surface area contributed by atoms with E-state index >= 15 is 0 Å². The number of benzene rings is 1. The van der Waals surface area contributed by atoms with Crippen LogP contribution in [-0.2, 0) is 4.84 Å². The summed E-state index contributed by atoms with van der Waals surface area (Å²) in [6, 6.07) is 9.22. The van der Waals surface area contributed by atoms with Crippen LogP contribution in [0.3, 0.4) is 0 Å². The summed E-state index contributed by atoms with van der Waals surface area (Å²) in [6.45, 7) is 1.49. The Kier molecular flexibility index (Phi) is 3.74. The van der Waals surface area contributed by atoms with Crippen LogP contribution in [-0.4, -0.2) is 47.0 Å². The molecule has 27 heavy (non-hydrogen) atoms. The van der Waals surface area contributed by atoms with Crippen molar-refractivity contribution in [1.29, 1.82) is 0 Å². The molecule has 0 aliphatic carbocycles. The summed E-state index contributed by atoms with van der Waals surface area (Å²) in [5, 5.41) is 4.29. The van der Waals surface area contributed by atoms with Gasteiger partial charge in [0.05, 0.1) is 5.71 Å². The summed E-state index contributed by atoms with van der Waals surface area (Å²) in [6.07, 6.45) is 5.83. The normalized spacial score (nSPS) is 19.7. The topological polar surface area (TPSA) is 73.3 Å². The second-order valence-corrected chi connectivity index (χ2v) is 7.09. The molecule has 0 N–H and O–H groups in total. The molecule has 7 nitrogen and oxygen atoms in total. The molecule has 1 amide bonds. The first kappa shape index (κ1) is 16.1. The molecule has 0 saturated carbocycles. The molecule has 7 heteroatoms. The van der Waals surface area contributed by atoms with Crippen LogP contribution >= 0.6 is 0 Å². The second-order valence-electron chi connectivity index (χ2n) is 7.09. The van der Waals surface area contributed by atoms with Gasteiger partial charge in [-0.3, -0.25) is 9.78 Å². The third kappa shape index (κ3) is 2.89. The molecule has 1 saturated heterocycles. The van der Waals surface area contributed by atoms with Crippen molar-refractivity contribution in [3.05, 3.63) is 53.9 Å². The Bertz CT molecular complexity index is 905. The number of rotatable bonds is 2. The zero-order valence-electron chi connectivity index (χ0n) is 14.8. The molecule has 1 fully saturated rings. The zero-order valence-corrected chi connectivity index (χ0v) is 14.8. The number of carbonyl (C=O) groups excluding carboxylic acids is 1. The Balaban J connectivity index is 1.24. The highest BCUT2D eigenvalue weighted by Gasteiger charge is 2.43. The van der Waals surface area contributed by atoms with Crippen molar-refractivity contribution in [2.75, 3.05) is 19.9 Å². The summed E-state index contributed by atoms with van der Waals surface area (Å²) in [5.41, 5.74) is 2.23. The number of ether oxygens (including phenoxy) is 2. The second kappa shape index (κ2) is 6.26. The van der Waals surface area contributed by atoms with Gasteiger partial charge in [-0.2, -0.15) is 0 Å². The molecular formula is C20H19N3O4.